The lowest BCUT2D eigenvalue weighted by Crippen LogP contribution is -2.49. The van der Waals surface area contributed by atoms with E-state index < -0.39 is 0 Å². The molecule has 1 N–H and O–H groups in total. The largest absolute Gasteiger partial charge is 0.357 e. The number of nitrogens with one attached hydrogen (secondary N) is 1. The maximum atomic E-state index is 12.5. The number of carbonyl (C=O) groups is 1. The van der Waals surface area contributed by atoms with Crippen LogP contribution >= 0.6 is 0 Å². The molecular formula is C24H36N6O. The van der Waals surface area contributed by atoms with Gasteiger partial charge in [-0.25, -0.2) is 9.98 Å². The Labute approximate surface area is 186 Å². The van der Waals surface area contributed by atoms with Gasteiger partial charge in [0.1, 0.15) is 0 Å². The van der Waals surface area contributed by atoms with E-state index in [1.807, 2.05) is 55.5 Å². The first-order valence-electron chi connectivity index (χ1n) is 11.5. The number of hydrogen-bond acceptors (Lipinski definition) is 3. The summed E-state index contributed by atoms with van der Waals surface area (Å²) in [6.07, 6.45) is 6.93. The molecule has 1 fully saturated rings. The van der Waals surface area contributed by atoms with Gasteiger partial charge >= 0.3 is 0 Å². The van der Waals surface area contributed by atoms with Crippen LogP contribution in [-0.2, 0) is 6.54 Å². The molecule has 7 nitrogen and oxygen atoms in total. The third-order valence-electron chi connectivity index (χ3n) is 6.12. The highest BCUT2D eigenvalue weighted by Gasteiger charge is 2.28. The number of rotatable bonds is 7. The van der Waals surface area contributed by atoms with Crippen molar-refractivity contribution < 1.29 is 4.79 Å². The van der Waals surface area contributed by atoms with Crippen molar-refractivity contribution in [2.45, 2.75) is 46.7 Å². The fourth-order valence-electron chi connectivity index (χ4n) is 4.13. The van der Waals surface area contributed by atoms with E-state index in [1.54, 1.807) is 0 Å². The molecule has 2 atom stereocenters. The lowest BCUT2D eigenvalue weighted by Gasteiger charge is -2.39. The van der Waals surface area contributed by atoms with Gasteiger partial charge in [-0.1, -0.05) is 19.1 Å². The standard InChI is InChI=1S/C24H36N6O/c1-5-26-24(29-14-12-19(4)22(17-29)30-15-13-25-18-30)27-16-20-8-10-21(11-9-20)23(31)28(6-2)7-3/h8-11,13,15,18-19,22H,5-7,12,14,16-17H2,1-4H3,(H,26,27). The predicted octanol–water partition coefficient (Wildman–Crippen LogP) is 3.41. The highest BCUT2D eigenvalue weighted by molar-refractivity contribution is 5.94. The van der Waals surface area contributed by atoms with Gasteiger partial charge in [0.05, 0.1) is 18.9 Å². The van der Waals surface area contributed by atoms with Gasteiger partial charge in [0.15, 0.2) is 5.96 Å². The van der Waals surface area contributed by atoms with Gasteiger partial charge in [-0.15, -0.1) is 0 Å². The van der Waals surface area contributed by atoms with Crippen LogP contribution in [-0.4, -0.2) is 63.9 Å². The highest BCUT2D eigenvalue weighted by atomic mass is 16.2. The summed E-state index contributed by atoms with van der Waals surface area (Å²) in [6.45, 7) is 13.2. The Hall–Kier alpha value is -2.83. The Balaban J connectivity index is 1.69. The van der Waals surface area contributed by atoms with Crippen molar-refractivity contribution in [2.75, 3.05) is 32.7 Å². The number of piperidine rings is 1. The number of imidazole rings is 1. The van der Waals surface area contributed by atoms with E-state index >= 15 is 0 Å². The monoisotopic (exact) mass is 424 g/mol. The van der Waals surface area contributed by atoms with Crippen LogP contribution in [0.3, 0.4) is 0 Å². The van der Waals surface area contributed by atoms with E-state index in [2.05, 4.69) is 39.8 Å². The summed E-state index contributed by atoms with van der Waals surface area (Å²) in [5.74, 6) is 1.63. The number of benzene rings is 1. The maximum Gasteiger partial charge on any atom is 0.253 e. The van der Waals surface area contributed by atoms with Crippen LogP contribution in [0.2, 0.25) is 0 Å². The summed E-state index contributed by atoms with van der Waals surface area (Å²) in [5, 5.41) is 3.45. The topological polar surface area (TPSA) is 65.8 Å². The molecule has 0 saturated carbocycles. The Morgan fingerprint density at radius 2 is 1.97 bits per heavy atom. The highest BCUT2D eigenvalue weighted by Crippen LogP contribution is 2.27. The molecule has 31 heavy (non-hydrogen) atoms. The van der Waals surface area contributed by atoms with Gasteiger partial charge in [0.2, 0.25) is 0 Å². The number of hydrogen-bond donors (Lipinski definition) is 1. The van der Waals surface area contributed by atoms with E-state index in [1.165, 1.54) is 0 Å². The Bertz CT molecular complexity index is 841. The van der Waals surface area contributed by atoms with Crippen molar-refractivity contribution in [3.05, 3.63) is 54.1 Å². The van der Waals surface area contributed by atoms with Crippen LogP contribution in [0.25, 0.3) is 0 Å². The molecular weight excluding hydrogens is 388 g/mol. The summed E-state index contributed by atoms with van der Waals surface area (Å²) in [4.78, 5) is 25.8. The molecule has 1 aromatic heterocycles. The first-order valence-corrected chi connectivity index (χ1v) is 11.5. The fraction of sp³-hybridized carbons (Fsp3) is 0.542. The van der Waals surface area contributed by atoms with Crippen LogP contribution in [0.1, 0.15) is 56.1 Å². The Kier molecular flexibility index (Phi) is 8.09. The molecule has 0 aliphatic carbocycles. The average Bonchev–Trinajstić information content (AvgIpc) is 3.33. The smallest absolute Gasteiger partial charge is 0.253 e. The zero-order valence-corrected chi connectivity index (χ0v) is 19.3. The van der Waals surface area contributed by atoms with Crippen LogP contribution in [0, 0.1) is 5.92 Å². The van der Waals surface area contributed by atoms with E-state index in [0.29, 0.717) is 18.5 Å². The molecule has 1 aliphatic heterocycles. The number of aromatic nitrogens is 2. The maximum absolute atomic E-state index is 12.5. The second-order valence-electron chi connectivity index (χ2n) is 8.13. The van der Waals surface area contributed by atoms with Gasteiger partial charge in [0.25, 0.3) is 5.91 Å². The second kappa shape index (κ2) is 11.0. The van der Waals surface area contributed by atoms with Gasteiger partial charge in [0, 0.05) is 50.7 Å². The minimum Gasteiger partial charge on any atom is -0.357 e. The van der Waals surface area contributed by atoms with Crippen molar-refractivity contribution in [3.63, 3.8) is 0 Å². The molecule has 7 heteroatoms. The molecule has 2 aromatic rings. The first-order chi connectivity index (χ1) is 15.1. The normalized spacial score (nSPS) is 19.4. The van der Waals surface area contributed by atoms with Crippen molar-refractivity contribution in [3.8, 4) is 0 Å². The molecule has 0 bridgehead atoms. The van der Waals surface area contributed by atoms with E-state index in [4.69, 9.17) is 4.99 Å². The average molecular weight is 425 g/mol. The molecule has 2 unspecified atom stereocenters. The van der Waals surface area contributed by atoms with Crippen molar-refractivity contribution in [1.29, 1.82) is 0 Å². The zero-order valence-electron chi connectivity index (χ0n) is 19.3. The predicted molar refractivity (Wildman–Crippen MR) is 125 cm³/mol. The summed E-state index contributed by atoms with van der Waals surface area (Å²) < 4.78 is 2.21. The van der Waals surface area contributed by atoms with Crippen molar-refractivity contribution >= 4 is 11.9 Å². The van der Waals surface area contributed by atoms with Crippen LogP contribution < -0.4 is 5.32 Å². The number of aliphatic imine (C=N–C) groups is 1. The van der Waals surface area contributed by atoms with Crippen molar-refractivity contribution in [1.82, 2.24) is 24.7 Å². The summed E-state index contributed by atoms with van der Waals surface area (Å²) in [6, 6.07) is 8.24. The zero-order chi connectivity index (χ0) is 22.2. The molecule has 1 aromatic carbocycles. The van der Waals surface area contributed by atoms with E-state index in [9.17, 15) is 4.79 Å². The number of nitrogens with zero attached hydrogens (tertiary/aromatic N) is 5. The van der Waals surface area contributed by atoms with Gasteiger partial charge in [-0.2, -0.15) is 0 Å². The number of carbonyl (C=O) groups excluding carboxylic acids is 1. The SMILES string of the molecule is CCNC(=NCc1ccc(C(=O)N(CC)CC)cc1)N1CCC(C)C(n2ccnc2)C1. The van der Waals surface area contributed by atoms with Gasteiger partial charge in [-0.05, 0) is 50.8 Å². The molecule has 0 radical (unpaired) electrons. The minimum atomic E-state index is 0.0846. The van der Waals surface area contributed by atoms with Gasteiger partial charge < -0.3 is 19.7 Å². The summed E-state index contributed by atoms with van der Waals surface area (Å²) in [7, 11) is 0. The summed E-state index contributed by atoms with van der Waals surface area (Å²) >= 11 is 0. The van der Waals surface area contributed by atoms with E-state index in [-0.39, 0.29) is 5.91 Å². The molecule has 168 valence electrons. The Morgan fingerprint density at radius 1 is 1.23 bits per heavy atom. The van der Waals surface area contributed by atoms with Crippen LogP contribution in [0.15, 0.2) is 48.0 Å². The fourth-order valence-corrected chi connectivity index (χ4v) is 4.13. The summed E-state index contributed by atoms with van der Waals surface area (Å²) in [5.41, 5.74) is 1.83. The van der Waals surface area contributed by atoms with Gasteiger partial charge in [-0.3, -0.25) is 4.79 Å². The Morgan fingerprint density at radius 3 is 2.58 bits per heavy atom. The second-order valence-corrected chi connectivity index (χ2v) is 8.13. The molecule has 1 saturated heterocycles. The molecule has 0 spiro atoms. The molecule has 3 rings (SSSR count). The van der Waals surface area contributed by atoms with Crippen molar-refractivity contribution in [2.24, 2.45) is 10.9 Å². The lowest BCUT2D eigenvalue weighted by atomic mass is 9.93. The third-order valence-corrected chi connectivity index (χ3v) is 6.12. The number of likely N-dealkylation sites (tertiary alicyclic amines) is 1. The molecule has 2 heterocycles. The van der Waals surface area contributed by atoms with E-state index in [0.717, 1.165) is 56.2 Å². The number of amides is 1. The number of guanidine groups is 1. The quantitative estimate of drug-likeness (QED) is 0.546. The third kappa shape index (κ3) is 5.66. The minimum absolute atomic E-state index is 0.0846. The first kappa shape index (κ1) is 22.8. The lowest BCUT2D eigenvalue weighted by molar-refractivity contribution is 0.0773. The molecule has 1 aliphatic rings. The van der Waals surface area contributed by atoms with Crippen LogP contribution in [0.4, 0.5) is 0 Å². The van der Waals surface area contributed by atoms with Crippen LogP contribution in [0.5, 0.6) is 0 Å². The molecule has 1 amide bonds.